The van der Waals surface area contributed by atoms with E-state index in [4.69, 9.17) is 0 Å². The fraction of sp³-hybridized carbons (Fsp3) is 0.0909. The zero-order valence-corrected chi connectivity index (χ0v) is 15.5. The second-order valence-corrected chi connectivity index (χ2v) is 6.28. The smallest absolute Gasteiger partial charge is 0.255 e. The molecule has 0 saturated heterocycles. The Labute approximate surface area is 162 Å². The van der Waals surface area contributed by atoms with Crippen LogP contribution >= 0.6 is 0 Å². The third-order valence-corrected chi connectivity index (χ3v) is 4.05. The summed E-state index contributed by atoms with van der Waals surface area (Å²) in [6.45, 7) is 2.94. The Morgan fingerprint density at radius 1 is 0.786 bits per heavy atom. The molecular formula is C22H19N3O3. The summed E-state index contributed by atoms with van der Waals surface area (Å²) in [5.41, 5.74) is 3.68. The van der Waals surface area contributed by atoms with Crippen molar-refractivity contribution >= 4 is 29.0 Å². The van der Waals surface area contributed by atoms with E-state index in [0.717, 1.165) is 5.56 Å². The molecule has 2 aromatic carbocycles. The average molecular weight is 373 g/mol. The Hall–Kier alpha value is -3.80. The minimum Gasteiger partial charge on any atom is -0.326 e. The molecule has 0 aliphatic heterocycles. The minimum atomic E-state index is -0.279. The molecule has 0 aliphatic rings. The molecule has 0 aliphatic carbocycles. The van der Waals surface area contributed by atoms with Gasteiger partial charge in [-0.1, -0.05) is 18.2 Å². The second-order valence-electron chi connectivity index (χ2n) is 6.28. The van der Waals surface area contributed by atoms with Crippen molar-refractivity contribution in [1.82, 2.24) is 4.98 Å². The molecule has 1 aromatic heterocycles. The van der Waals surface area contributed by atoms with E-state index in [2.05, 4.69) is 15.6 Å². The first-order valence-electron chi connectivity index (χ1n) is 8.69. The standard InChI is InChI=1S/C22H19N3O3/c1-14(26)16-4-3-5-17(12-16)21-13-18(10-11-23-21)22(28)25-20-8-6-19(7-9-20)24-15(2)27/h3-13H,1-2H3,(H,24,27)(H,25,28). The molecule has 3 rings (SSSR count). The Kier molecular flexibility index (Phi) is 5.60. The molecule has 0 spiro atoms. The lowest BCUT2D eigenvalue weighted by Gasteiger charge is -2.08. The number of rotatable bonds is 5. The lowest BCUT2D eigenvalue weighted by molar-refractivity contribution is -0.114. The van der Waals surface area contributed by atoms with Crippen molar-refractivity contribution in [3.05, 3.63) is 78.0 Å². The summed E-state index contributed by atoms with van der Waals surface area (Å²) in [5.74, 6) is -0.466. The summed E-state index contributed by atoms with van der Waals surface area (Å²) in [4.78, 5) is 39.5. The summed E-state index contributed by atoms with van der Waals surface area (Å²) in [6.07, 6.45) is 1.56. The Morgan fingerprint density at radius 2 is 1.46 bits per heavy atom. The lowest BCUT2D eigenvalue weighted by Crippen LogP contribution is -2.12. The van der Waals surface area contributed by atoms with E-state index in [9.17, 15) is 14.4 Å². The highest BCUT2D eigenvalue weighted by Gasteiger charge is 2.10. The van der Waals surface area contributed by atoms with Crippen LogP contribution < -0.4 is 10.6 Å². The Morgan fingerprint density at radius 3 is 2.11 bits per heavy atom. The molecule has 1 heterocycles. The summed E-state index contributed by atoms with van der Waals surface area (Å²) in [6, 6.07) is 17.3. The van der Waals surface area contributed by atoms with Crippen molar-refractivity contribution in [3.63, 3.8) is 0 Å². The van der Waals surface area contributed by atoms with Crippen LogP contribution in [0, 0.1) is 0 Å². The molecule has 0 bridgehead atoms. The van der Waals surface area contributed by atoms with Crippen molar-refractivity contribution in [2.75, 3.05) is 10.6 Å². The van der Waals surface area contributed by atoms with Gasteiger partial charge in [-0.25, -0.2) is 0 Å². The first kappa shape index (κ1) is 19.0. The van der Waals surface area contributed by atoms with Gasteiger partial charge in [-0.15, -0.1) is 0 Å². The topological polar surface area (TPSA) is 88.2 Å². The van der Waals surface area contributed by atoms with Gasteiger partial charge in [-0.05, 0) is 49.4 Å². The van der Waals surface area contributed by atoms with E-state index in [1.54, 1.807) is 60.8 Å². The maximum Gasteiger partial charge on any atom is 0.255 e. The number of nitrogens with one attached hydrogen (secondary N) is 2. The number of carbonyl (C=O) groups excluding carboxylic acids is 3. The molecule has 2 N–H and O–H groups in total. The molecule has 6 heteroatoms. The van der Waals surface area contributed by atoms with Gasteiger partial charge < -0.3 is 10.6 Å². The maximum atomic E-state index is 12.6. The van der Waals surface area contributed by atoms with Crippen LogP contribution in [0.15, 0.2) is 66.9 Å². The lowest BCUT2D eigenvalue weighted by atomic mass is 10.0. The van der Waals surface area contributed by atoms with Gasteiger partial charge in [0.1, 0.15) is 0 Å². The van der Waals surface area contributed by atoms with Crippen LogP contribution in [0.1, 0.15) is 34.6 Å². The molecule has 0 unspecified atom stereocenters. The van der Waals surface area contributed by atoms with Crippen LogP contribution in [-0.4, -0.2) is 22.6 Å². The van der Waals surface area contributed by atoms with Crippen molar-refractivity contribution in [2.45, 2.75) is 13.8 Å². The number of pyridine rings is 1. The molecule has 140 valence electrons. The number of Topliss-reactive ketones (excluding diaryl/α,β-unsaturated/α-hetero) is 1. The number of benzene rings is 2. The van der Waals surface area contributed by atoms with Crippen LogP contribution in [-0.2, 0) is 4.79 Å². The minimum absolute atomic E-state index is 0.0292. The highest BCUT2D eigenvalue weighted by atomic mass is 16.2. The molecule has 28 heavy (non-hydrogen) atoms. The summed E-state index contributed by atoms with van der Waals surface area (Å²) < 4.78 is 0. The van der Waals surface area contributed by atoms with Crippen LogP contribution in [0.3, 0.4) is 0 Å². The van der Waals surface area contributed by atoms with Crippen molar-refractivity contribution in [1.29, 1.82) is 0 Å². The molecule has 2 amide bonds. The third-order valence-electron chi connectivity index (χ3n) is 4.05. The quantitative estimate of drug-likeness (QED) is 0.657. The molecular weight excluding hydrogens is 354 g/mol. The number of aromatic nitrogens is 1. The van der Waals surface area contributed by atoms with Crippen molar-refractivity contribution in [2.24, 2.45) is 0 Å². The van der Waals surface area contributed by atoms with E-state index < -0.39 is 0 Å². The van der Waals surface area contributed by atoms with Crippen molar-refractivity contribution < 1.29 is 14.4 Å². The first-order chi connectivity index (χ1) is 13.4. The van der Waals surface area contributed by atoms with Gasteiger partial charge >= 0.3 is 0 Å². The van der Waals surface area contributed by atoms with E-state index in [-0.39, 0.29) is 17.6 Å². The number of anilines is 2. The number of nitrogens with zero attached hydrogens (tertiary/aromatic N) is 1. The van der Waals surface area contributed by atoms with Gasteiger partial charge in [0, 0.05) is 41.2 Å². The zero-order chi connectivity index (χ0) is 20.1. The highest BCUT2D eigenvalue weighted by molar-refractivity contribution is 6.05. The SMILES string of the molecule is CC(=O)Nc1ccc(NC(=O)c2ccnc(-c3cccc(C(C)=O)c3)c2)cc1. The molecule has 0 saturated carbocycles. The fourth-order valence-corrected chi connectivity index (χ4v) is 2.67. The van der Waals surface area contributed by atoms with E-state index in [1.807, 2.05) is 6.07 Å². The Bertz CT molecular complexity index is 1040. The van der Waals surface area contributed by atoms with Gasteiger partial charge in [0.25, 0.3) is 5.91 Å². The number of amides is 2. The average Bonchev–Trinajstić information content (AvgIpc) is 2.69. The number of carbonyl (C=O) groups is 3. The predicted molar refractivity (Wildman–Crippen MR) is 108 cm³/mol. The van der Waals surface area contributed by atoms with Crippen LogP contribution in [0.5, 0.6) is 0 Å². The molecule has 6 nitrogen and oxygen atoms in total. The molecule has 3 aromatic rings. The van der Waals surface area contributed by atoms with Crippen LogP contribution in [0.4, 0.5) is 11.4 Å². The van der Waals surface area contributed by atoms with Gasteiger partial charge in [-0.3, -0.25) is 19.4 Å². The van der Waals surface area contributed by atoms with E-state index in [0.29, 0.717) is 28.2 Å². The maximum absolute atomic E-state index is 12.6. The van der Waals surface area contributed by atoms with Gasteiger partial charge in [-0.2, -0.15) is 0 Å². The van der Waals surface area contributed by atoms with Crippen molar-refractivity contribution in [3.8, 4) is 11.3 Å². The van der Waals surface area contributed by atoms with Gasteiger partial charge in [0.15, 0.2) is 5.78 Å². The largest absolute Gasteiger partial charge is 0.326 e. The normalized spacial score (nSPS) is 10.2. The number of hydrogen-bond donors (Lipinski definition) is 2. The third kappa shape index (κ3) is 4.67. The highest BCUT2D eigenvalue weighted by Crippen LogP contribution is 2.21. The van der Waals surface area contributed by atoms with Crippen LogP contribution in [0.2, 0.25) is 0 Å². The Balaban J connectivity index is 1.78. The molecule has 0 fully saturated rings. The van der Waals surface area contributed by atoms with Crippen LogP contribution in [0.25, 0.3) is 11.3 Å². The van der Waals surface area contributed by atoms with Gasteiger partial charge in [0.2, 0.25) is 5.91 Å². The fourth-order valence-electron chi connectivity index (χ4n) is 2.67. The number of ketones is 1. The predicted octanol–water partition coefficient (Wildman–Crippen LogP) is 4.16. The van der Waals surface area contributed by atoms with E-state index in [1.165, 1.54) is 13.8 Å². The first-order valence-corrected chi connectivity index (χ1v) is 8.69. The second kappa shape index (κ2) is 8.26. The number of hydrogen-bond acceptors (Lipinski definition) is 4. The molecule has 0 radical (unpaired) electrons. The van der Waals surface area contributed by atoms with E-state index >= 15 is 0 Å². The van der Waals surface area contributed by atoms with Gasteiger partial charge in [0.05, 0.1) is 5.69 Å². The molecule has 0 atom stereocenters. The summed E-state index contributed by atoms with van der Waals surface area (Å²) in [5, 5.41) is 5.48. The summed E-state index contributed by atoms with van der Waals surface area (Å²) in [7, 11) is 0. The summed E-state index contributed by atoms with van der Waals surface area (Å²) >= 11 is 0. The zero-order valence-electron chi connectivity index (χ0n) is 15.5. The monoisotopic (exact) mass is 373 g/mol.